The van der Waals surface area contributed by atoms with Gasteiger partial charge in [0.05, 0.1) is 0 Å². The molecule has 0 spiro atoms. The van der Waals surface area contributed by atoms with Gasteiger partial charge >= 0.3 is 12.0 Å². The van der Waals surface area contributed by atoms with E-state index in [9.17, 15) is 19.2 Å². The summed E-state index contributed by atoms with van der Waals surface area (Å²) in [7, 11) is 0. The Morgan fingerprint density at radius 2 is 1.77 bits per heavy atom. The smallest absolute Gasteiger partial charge is 0.326 e. The van der Waals surface area contributed by atoms with E-state index in [2.05, 4.69) is 5.32 Å². The van der Waals surface area contributed by atoms with E-state index in [0.717, 1.165) is 4.90 Å². The topological polar surface area (TPSA) is 96.0 Å². The number of urea groups is 1. The quantitative estimate of drug-likeness (QED) is 0.574. The highest BCUT2D eigenvalue weighted by Gasteiger charge is 2.49. The number of hydrogen-bond acceptors (Lipinski definition) is 5. The zero-order chi connectivity index (χ0) is 19.3. The lowest BCUT2D eigenvalue weighted by atomic mass is 9.92. The zero-order valence-corrected chi connectivity index (χ0v) is 15.2. The maximum Gasteiger partial charge on any atom is 0.326 e. The third-order valence-electron chi connectivity index (χ3n) is 4.39. The summed E-state index contributed by atoms with van der Waals surface area (Å²) in [5.41, 5.74) is -0.624. The third kappa shape index (κ3) is 3.84. The normalized spacial score (nSPS) is 19.3. The average molecular weight is 361 g/mol. The van der Waals surface area contributed by atoms with Gasteiger partial charge < -0.3 is 15.0 Å². The summed E-state index contributed by atoms with van der Waals surface area (Å²) in [6.07, 6.45) is 0. The van der Waals surface area contributed by atoms with Gasteiger partial charge in [0.2, 0.25) is 0 Å². The van der Waals surface area contributed by atoms with Crippen LogP contribution in [0.5, 0.6) is 0 Å². The number of amides is 4. The molecule has 1 aliphatic heterocycles. The monoisotopic (exact) mass is 361 g/mol. The van der Waals surface area contributed by atoms with E-state index in [1.54, 1.807) is 37.3 Å². The number of carbonyl (C=O) groups excluding carboxylic acids is 4. The molecule has 0 radical (unpaired) electrons. The molecule has 140 valence electrons. The van der Waals surface area contributed by atoms with Crippen LogP contribution in [-0.4, -0.2) is 59.9 Å². The van der Waals surface area contributed by atoms with Crippen LogP contribution < -0.4 is 5.32 Å². The number of nitrogens with zero attached hydrogens (tertiary/aromatic N) is 2. The van der Waals surface area contributed by atoms with Gasteiger partial charge in [0.1, 0.15) is 12.1 Å². The van der Waals surface area contributed by atoms with Gasteiger partial charge in [-0.05, 0) is 26.3 Å². The molecule has 1 aromatic carbocycles. The SMILES string of the molecule is CCN(CC)C(=O)COC(=O)CN1C(=O)N[C@@](C)(c2ccccc2)C1=O. The van der Waals surface area contributed by atoms with Gasteiger partial charge in [-0.15, -0.1) is 0 Å². The summed E-state index contributed by atoms with van der Waals surface area (Å²) < 4.78 is 4.92. The Balaban J connectivity index is 1.99. The fraction of sp³-hybridized carbons (Fsp3) is 0.444. The summed E-state index contributed by atoms with van der Waals surface area (Å²) >= 11 is 0. The Kier molecular flexibility index (Phi) is 5.97. The number of carbonyl (C=O) groups is 4. The molecule has 1 saturated heterocycles. The second kappa shape index (κ2) is 7.99. The molecule has 8 heteroatoms. The second-order valence-electron chi connectivity index (χ2n) is 6.04. The number of benzene rings is 1. The molecule has 0 bridgehead atoms. The maximum atomic E-state index is 12.7. The highest BCUT2D eigenvalue weighted by Crippen LogP contribution is 2.28. The fourth-order valence-electron chi connectivity index (χ4n) is 2.79. The van der Waals surface area contributed by atoms with Crippen molar-refractivity contribution in [3.63, 3.8) is 0 Å². The molecule has 0 saturated carbocycles. The van der Waals surface area contributed by atoms with Crippen LogP contribution >= 0.6 is 0 Å². The molecule has 0 aromatic heterocycles. The summed E-state index contributed by atoms with van der Waals surface area (Å²) in [5, 5.41) is 2.61. The van der Waals surface area contributed by atoms with Gasteiger partial charge in [-0.25, -0.2) is 4.79 Å². The van der Waals surface area contributed by atoms with Crippen molar-refractivity contribution in [2.75, 3.05) is 26.2 Å². The van der Waals surface area contributed by atoms with E-state index in [-0.39, 0.29) is 5.91 Å². The van der Waals surface area contributed by atoms with E-state index in [1.807, 2.05) is 13.8 Å². The van der Waals surface area contributed by atoms with Crippen LogP contribution in [0.4, 0.5) is 4.79 Å². The van der Waals surface area contributed by atoms with E-state index in [4.69, 9.17) is 4.74 Å². The molecule has 0 unspecified atom stereocenters. The van der Waals surface area contributed by atoms with Crippen LogP contribution in [0, 0.1) is 0 Å². The number of ether oxygens (including phenoxy) is 1. The molecule has 1 aromatic rings. The minimum absolute atomic E-state index is 0.324. The lowest BCUT2D eigenvalue weighted by Crippen LogP contribution is -2.42. The Morgan fingerprint density at radius 3 is 2.35 bits per heavy atom. The first-order valence-corrected chi connectivity index (χ1v) is 8.46. The Morgan fingerprint density at radius 1 is 1.15 bits per heavy atom. The van der Waals surface area contributed by atoms with Crippen molar-refractivity contribution in [2.45, 2.75) is 26.3 Å². The molecule has 1 heterocycles. The van der Waals surface area contributed by atoms with Crippen molar-refractivity contribution in [3.05, 3.63) is 35.9 Å². The number of likely N-dealkylation sites (N-methyl/N-ethyl adjacent to an activating group) is 1. The molecule has 1 N–H and O–H groups in total. The average Bonchev–Trinajstić information content (AvgIpc) is 2.86. The fourth-order valence-corrected chi connectivity index (χ4v) is 2.79. The highest BCUT2D eigenvalue weighted by molar-refractivity contribution is 6.08. The number of nitrogens with one attached hydrogen (secondary N) is 1. The first-order valence-electron chi connectivity index (χ1n) is 8.46. The number of rotatable bonds is 7. The molecule has 0 aliphatic carbocycles. The first kappa shape index (κ1) is 19.4. The number of esters is 1. The van der Waals surface area contributed by atoms with Crippen molar-refractivity contribution in [3.8, 4) is 0 Å². The lowest BCUT2D eigenvalue weighted by Gasteiger charge is -2.22. The minimum Gasteiger partial charge on any atom is -0.454 e. The van der Waals surface area contributed by atoms with E-state index < -0.39 is 36.6 Å². The standard InChI is InChI=1S/C18H23N3O5/c1-4-20(5-2)14(22)12-26-15(23)11-21-16(24)18(3,19-17(21)25)13-9-7-6-8-10-13/h6-10H,4-5,11-12H2,1-3H3,(H,19,25)/t18-/m0/s1. The van der Waals surface area contributed by atoms with Crippen LogP contribution in [0.2, 0.25) is 0 Å². The minimum atomic E-state index is -1.24. The molecule has 1 atom stereocenters. The van der Waals surface area contributed by atoms with Gasteiger partial charge in [-0.3, -0.25) is 19.3 Å². The predicted octanol–water partition coefficient (Wildman–Crippen LogP) is 0.865. The molecule has 1 aliphatic rings. The third-order valence-corrected chi connectivity index (χ3v) is 4.39. The Hall–Kier alpha value is -2.90. The van der Waals surface area contributed by atoms with Crippen molar-refractivity contribution in [2.24, 2.45) is 0 Å². The van der Waals surface area contributed by atoms with Gasteiger partial charge in [0.15, 0.2) is 6.61 Å². The number of hydrogen-bond donors (Lipinski definition) is 1. The zero-order valence-electron chi connectivity index (χ0n) is 15.2. The van der Waals surface area contributed by atoms with Crippen LogP contribution in [0.25, 0.3) is 0 Å². The molecule has 8 nitrogen and oxygen atoms in total. The van der Waals surface area contributed by atoms with Crippen molar-refractivity contribution in [1.82, 2.24) is 15.1 Å². The highest BCUT2D eigenvalue weighted by atomic mass is 16.5. The summed E-state index contributed by atoms with van der Waals surface area (Å²) in [6, 6.07) is 8.10. The summed E-state index contributed by atoms with van der Waals surface area (Å²) in [5.74, 6) is -1.68. The van der Waals surface area contributed by atoms with E-state index in [0.29, 0.717) is 18.7 Å². The van der Waals surface area contributed by atoms with Crippen molar-refractivity contribution >= 4 is 23.8 Å². The van der Waals surface area contributed by atoms with Crippen LogP contribution in [0.15, 0.2) is 30.3 Å². The number of imide groups is 1. The summed E-state index contributed by atoms with van der Waals surface area (Å²) in [4.78, 5) is 51.0. The first-order chi connectivity index (χ1) is 12.3. The van der Waals surface area contributed by atoms with Crippen molar-refractivity contribution in [1.29, 1.82) is 0 Å². The molecular weight excluding hydrogens is 338 g/mol. The Labute approximate surface area is 152 Å². The van der Waals surface area contributed by atoms with Gasteiger partial charge in [-0.2, -0.15) is 0 Å². The molecule has 26 heavy (non-hydrogen) atoms. The van der Waals surface area contributed by atoms with Gasteiger partial charge in [0.25, 0.3) is 11.8 Å². The lowest BCUT2D eigenvalue weighted by molar-refractivity contribution is -0.153. The predicted molar refractivity (Wildman–Crippen MR) is 92.9 cm³/mol. The van der Waals surface area contributed by atoms with Crippen molar-refractivity contribution < 1.29 is 23.9 Å². The molecule has 2 rings (SSSR count). The second-order valence-corrected chi connectivity index (χ2v) is 6.04. The maximum absolute atomic E-state index is 12.7. The van der Waals surface area contributed by atoms with E-state index >= 15 is 0 Å². The molecule has 1 fully saturated rings. The van der Waals surface area contributed by atoms with Crippen LogP contribution in [-0.2, 0) is 24.7 Å². The molecule has 4 amide bonds. The molecular formula is C18H23N3O5. The van der Waals surface area contributed by atoms with E-state index in [1.165, 1.54) is 4.90 Å². The van der Waals surface area contributed by atoms with Gasteiger partial charge in [-0.1, -0.05) is 30.3 Å². The van der Waals surface area contributed by atoms with Gasteiger partial charge in [0, 0.05) is 13.1 Å². The summed E-state index contributed by atoms with van der Waals surface area (Å²) in [6.45, 7) is 5.28. The van der Waals surface area contributed by atoms with Crippen LogP contribution in [0.3, 0.4) is 0 Å². The Bertz CT molecular complexity index is 702. The largest absolute Gasteiger partial charge is 0.454 e. The van der Waals surface area contributed by atoms with Crippen LogP contribution in [0.1, 0.15) is 26.3 Å².